The Hall–Kier alpha value is -1.90. The van der Waals surface area contributed by atoms with Crippen molar-refractivity contribution in [2.24, 2.45) is 0 Å². The lowest BCUT2D eigenvalue weighted by Crippen LogP contribution is -2.44. The van der Waals surface area contributed by atoms with Crippen molar-refractivity contribution >= 4 is 11.8 Å². The number of hydrogen-bond donors (Lipinski definition) is 1. The van der Waals surface area contributed by atoms with Crippen molar-refractivity contribution in [2.45, 2.75) is 6.18 Å². The zero-order valence-corrected chi connectivity index (χ0v) is 9.78. The molecule has 0 saturated carbocycles. The number of esters is 1. The van der Waals surface area contributed by atoms with Gasteiger partial charge in [-0.2, -0.15) is 18.2 Å². The van der Waals surface area contributed by atoms with Crippen molar-refractivity contribution in [1.82, 2.24) is 15.3 Å². The Morgan fingerprint density at radius 1 is 1.37 bits per heavy atom. The van der Waals surface area contributed by atoms with Crippen LogP contribution in [0.15, 0.2) is 12.3 Å². The van der Waals surface area contributed by atoms with E-state index >= 15 is 0 Å². The Bertz CT molecular complexity index is 460. The predicted octanol–water partition coefficient (Wildman–Crippen LogP) is 0.354. The second kappa shape index (κ2) is 5.39. The molecule has 1 N–H and O–H groups in total. The van der Waals surface area contributed by atoms with Gasteiger partial charge in [-0.05, 0) is 6.07 Å². The van der Waals surface area contributed by atoms with E-state index in [-0.39, 0.29) is 0 Å². The highest BCUT2D eigenvalue weighted by Gasteiger charge is 2.42. The molecule has 1 aliphatic heterocycles. The minimum atomic E-state index is -5.06. The second-order valence-corrected chi connectivity index (χ2v) is 3.82. The van der Waals surface area contributed by atoms with Crippen LogP contribution in [0, 0.1) is 0 Å². The molecule has 1 saturated heterocycles. The lowest BCUT2D eigenvalue weighted by atomic mass is 10.3. The first-order chi connectivity index (χ1) is 8.97. The number of halogens is 3. The molecule has 0 amide bonds. The Balaban J connectivity index is 2.08. The number of anilines is 1. The Labute approximate surface area is 106 Å². The van der Waals surface area contributed by atoms with Crippen molar-refractivity contribution in [3.8, 4) is 6.01 Å². The summed E-state index contributed by atoms with van der Waals surface area (Å²) in [7, 11) is 0. The van der Waals surface area contributed by atoms with Crippen molar-refractivity contribution in [2.75, 3.05) is 31.1 Å². The van der Waals surface area contributed by atoms with E-state index in [4.69, 9.17) is 0 Å². The average Bonchev–Trinajstić information content (AvgIpc) is 2.39. The van der Waals surface area contributed by atoms with Crippen LogP contribution < -0.4 is 15.0 Å². The van der Waals surface area contributed by atoms with Crippen LogP contribution in [0.25, 0.3) is 0 Å². The van der Waals surface area contributed by atoms with E-state index in [1.54, 1.807) is 6.07 Å². The third kappa shape index (κ3) is 3.53. The number of piperazine rings is 1. The van der Waals surface area contributed by atoms with Crippen LogP contribution in [0.2, 0.25) is 0 Å². The van der Waals surface area contributed by atoms with Gasteiger partial charge in [-0.25, -0.2) is 9.78 Å². The maximum Gasteiger partial charge on any atom is 0.491 e. The van der Waals surface area contributed by atoms with Crippen LogP contribution in [0.3, 0.4) is 0 Å². The summed E-state index contributed by atoms with van der Waals surface area (Å²) in [6, 6.07) is 0.953. The van der Waals surface area contributed by atoms with Crippen LogP contribution in [0.5, 0.6) is 6.01 Å². The Kier molecular flexibility index (Phi) is 3.84. The van der Waals surface area contributed by atoms with Gasteiger partial charge in [0, 0.05) is 32.4 Å². The van der Waals surface area contributed by atoms with E-state index in [0.717, 1.165) is 13.1 Å². The Morgan fingerprint density at radius 3 is 2.68 bits per heavy atom. The molecule has 0 spiro atoms. The van der Waals surface area contributed by atoms with E-state index in [1.807, 2.05) is 4.90 Å². The third-order valence-electron chi connectivity index (χ3n) is 2.48. The standard InChI is InChI=1S/C10H11F3N4O2/c11-10(12,13)8(18)19-9-15-2-1-7(16-9)17-5-3-14-4-6-17/h1-2,14H,3-6H2. The molecule has 0 unspecified atom stereocenters. The second-order valence-electron chi connectivity index (χ2n) is 3.82. The number of hydrogen-bond acceptors (Lipinski definition) is 6. The molecule has 2 rings (SSSR count). The maximum absolute atomic E-state index is 12.0. The van der Waals surface area contributed by atoms with Crippen molar-refractivity contribution in [3.63, 3.8) is 0 Å². The molecular formula is C10H11F3N4O2. The van der Waals surface area contributed by atoms with Crippen molar-refractivity contribution < 1.29 is 22.7 Å². The van der Waals surface area contributed by atoms with Gasteiger partial charge < -0.3 is 15.0 Å². The molecule has 0 radical (unpaired) electrons. The highest BCUT2D eigenvalue weighted by molar-refractivity contribution is 5.77. The van der Waals surface area contributed by atoms with E-state index in [2.05, 4.69) is 20.0 Å². The average molecular weight is 276 g/mol. The summed E-state index contributed by atoms with van der Waals surface area (Å²) in [6.07, 6.45) is -3.81. The molecule has 9 heteroatoms. The van der Waals surface area contributed by atoms with E-state index in [1.165, 1.54) is 6.20 Å². The van der Waals surface area contributed by atoms with E-state index < -0.39 is 18.2 Å². The van der Waals surface area contributed by atoms with Gasteiger partial charge in [-0.1, -0.05) is 0 Å². The number of aromatic nitrogens is 2. The summed E-state index contributed by atoms with van der Waals surface area (Å²) in [5, 5.41) is 3.13. The topological polar surface area (TPSA) is 67.3 Å². The van der Waals surface area contributed by atoms with Crippen LogP contribution in [-0.4, -0.2) is 48.3 Å². The number of ether oxygens (including phenoxy) is 1. The first-order valence-corrected chi connectivity index (χ1v) is 5.54. The van der Waals surface area contributed by atoms with E-state index in [9.17, 15) is 18.0 Å². The maximum atomic E-state index is 12.0. The minimum Gasteiger partial charge on any atom is -0.384 e. The summed E-state index contributed by atoms with van der Waals surface area (Å²) >= 11 is 0. The number of nitrogens with zero attached hydrogens (tertiary/aromatic N) is 3. The van der Waals surface area contributed by atoms with Gasteiger partial charge in [0.15, 0.2) is 0 Å². The fourth-order valence-electron chi connectivity index (χ4n) is 1.59. The molecule has 2 heterocycles. The molecule has 1 fully saturated rings. The fraction of sp³-hybridized carbons (Fsp3) is 0.500. The summed E-state index contributed by atoms with van der Waals surface area (Å²) in [4.78, 5) is 19.8. The largest absolute Gasteiger partial charge is 0.491 e. The molecule has 1 aromatic rings. The van der Waals surface area contributed by atoms with Gasteiger partial charge in [0.1, 0.15) is 5.82 Å². The lowest BCUT2D eigenvalue weighted by Gasteiger charge is -2.28. The number of nitrogens with one attached hydrogen (secondary N) is 1. The molecule has 0 aromatic carbocycles. The highest BCUT2D eigenvalue weighted by atomic mass is 19.4. The number of alkyl halides is 3. The monoisotopic (exact) mass is 276 g/mol. The molecule has 19 heavy (non-hydrogen) atoms. The molecule has 6 nitrogen and oxygen atoms in total. The first-order valence-electron chi connectivity index (χ1n) is 5.54. The summed E-state index contributed by atoms with van der Waals surface area (Å²) in [5.41, 5.74) is 0. The number of carbonyl (C=O) groups excluding carboxylic acids is 1. The van der Waals surface area contributed by atoms with Gasteiger partial charge in [-0.3, -0.25) is 0 Å². The Morgan fingerprint density at radius 2 is 2.05 bits per heavy atom. The highest BCUT2D eigenvalue weighted by Crippen LogP contribution is 2.19. The van der Waals surface area contributed by atoms with Gasteiger partial charge in [0.25, 0.3) is 0 Å². The van der Waals surface area contributed by atoms with Gasteiger partial charge in [-0.15, -0.1) is 0 Å². The summed E-state index contributed by atoms with van der Waals surface area (Å²) < 4.78 is 40.2. The quantitative estimate of drug-likeness (QED) is 0.786. The number of rotatable bonds is 2. The summed E-state index contributed by atoms with van der Waals surface area (Å²) in [5.74, 6) is -1.90. The third-order valence-corrected chi connectivity index (χ3v) is 2.48. The predicted molar refractivity (Wildman–Crippen MR) is 58.8 cm³/mol. The van der Waals surface area contributed by atoms with Crippen LogP contribution in [0.1, 0.15) is 0 Å². The first kappa shape index (κ1) is 13.5. The number of carbonyl (C=O) groups is 1. The molecule has 0 aliphatic carbocycles. The zero-order valence-electron chi connectivity index (χ0n) is 9.78. The van der Waals surface area contributed by atoms with Crippen molar-refractivity contribution in [1.29, 1.82) is 0 Å². The fourth-order valence-corrected chi connectivity index (χ4v) is 1.59. The van der Waals surface area contributed by atoms with Gasteiger partial charge in [0.2, 0.25) is 0 Å². The van der Waals surface area contributed by atoms with E-state index in [0.29, 0.717) is 18.9 Å². The van der Waals surface area contributed by atoms with Crippen LogP contribution >= 0.6 is 0 Å². The van der Waals surface area contributed by atoms with Crippen LogP contribution in [0.4, 0.5) is 19.0 Å². The minimum absolute atomic E-state index is 0.432. The van der Waals surface area contributed by atoms with Crippen molar-refractivity contribution in [3.05, 3.63) is 12.3 Å². The lowest BCUT2D eigenvalue weighted by molar-refractivity contribution is -0.190. The molecule has 1 aliphatic rings. The van der Waals surface area contributed by atoms with Gasteiger partial charge >= 0.3 is 18.2 Å². The zero-order chi connectivity index (χ0) is 13.9. The normalized spacial score (nSPS) is 16.3. The molecule has 104 valence electrons. The molecule has 0 bridgehead atoms. The van der Waals surface area contributed by atoms with Crippen LogP contribution in [-0.2, 0) is 4.79 Å². The smallest absolute Gasteiger partial charge is 0.384 e. The molecule has 0 atom stereocenters. The van der Waals surface area contributed by atoms with Gasteiger partial charge in [0.05, 0.1) is 0 Å². The SMILES string of the molecule is O=C(Oc1nccc(N2CCNCC2)n1)C(F)(F)F. The summed E-state index contributed by atoms with van der Waals surface area (Å²) in [6.45, 7) is 2.84. The molecular weight excluding hydrogens is 265 g/mol. The molecule has 1 aromatic heterocycles.